The molecule has 0 fully saturated rings. The summed E-state index contributed by atoms with van der Waals surface area (Å²) in [6.45, 7) is 11.4. The van der Waals surface area contributed by atoms with Crippen LogP contribution in [0.2, 0.25) is 0 Å². The molecule has 160 valence electrons. The molecule has 0 aliphatic rings. The van der Waals surface area contributed by atoms with Crippen molar-refractivity contribution in [3.05, 3.63) is 113 Å². The molecule has 0 aliphatic heterocycles. The molecule has 0 atom stereocenters. The Balaban J connectivity index is 1.38. The molecule has 0 unspecified atom stereocenters. The Bertz CT molecular complexity index is 1490. The fourth-order valence-electron chi connectivity index (χ4n) is 4.20. The molecule has 2 aromatic carbocycles. The van der Waals surface area contributed by atoms with Crippen molar-refractivity contribution < 1.29 is 0 Å². The molecule has 3 aromatic heterocycles. The Hall–Kier alpha value is -4.30. The van der Waals surface area contributed by atoms with Gasteiger partial charge in [-0.1, -0.05) is 54.1 Å². The van der Waals surface area contributed by atoms with Gasteiger partial charge in [0, 0.05) is 24.2 Å². The molecule has 0 saturated heterocycles. The molecule has 33 heavy (non-hydrogen) atoms. The summed E-state index contributed by atoms with van der Waals surface area (Å²) in [5, 5.41) is 0. The summed E-state index contributed by atoms with van der Waals surface area (Å²) >= 11 is 0. The normalized spacial score (nSPS) is 10.9. The van der Waals surface area contributed by atoms with Gasteiger partial charge in [0.05, 0.1) is 29.9 Å². The number of hydrogen-bond donors (Lipinski definition) is 0. The third kappa shape index (κ3) is 4.11. The first kappa shape index (κ1) is 20.6. The van der Waals surface area contributed by atoms with Crippen LogP contribution in [-0.4, -0.2) is 19.4 Å². The second kappa shape index (κ2) is 8.68. The van der Waals surface area contributed by atoms with Gasteiger partial charge in [0.25, 0.3) is 0 Å². The molecule has 0 spiro atoms. The van der Waals surface area contributed by atoms with E-state index >= 15 is 0 Å². The number of nitrogens with zero attached hydrogens (tertiary/aromatic N) is 5. The van der Waals surface area contributed by atoms with Crippen LogP contribution >= 0.6 is 0 Å². The average Bonchev–Trinajstić information content (AvgIpc) is 3.28. The molecule has 3 heterocycles. The lowest BCUT2D eigenvalue weighted by molar-refractivity contribution is 0.895. The number of fused-ring (bicyclic) bond motifs is 1. The van der Waals surface area contributed by atoms with Crippen molar-refractivity contribution in [3.8, 4) is 22.5 Å². The topological polar surface area (TPSA) is 47.4 Å². The first-order valence-corrected chi connectivity index (χ1v) is 10.9. The van der Waals surface area contributed by atoms with Crippen LogP contribution in [0.25, 0.3) is 33.0 Å². The van der Waals surface area contributed by atoms with E-state index in [9.17, 15) is 0 Å². The van der Waals surface area contributed by atoms with Gasteiger partial charge in [0.2, 0.25) is 0 Å². The lowest BCUT2D eigenvalue weighted by atomic mass is 10.0. The van der Waals surface area contributed by atoms with Crippen molar-refractivity contribution in [1.29, 1.82) is 0 Å². The second-order valence-electron chi connectivity index (χ2n) is 8.25. The molecule has 5 nitrogen and oxygen atoms in total. The third-order valence-corrected chi connectivity index (χ3v) is 5.87. The Morgan fingerprint density at radius 3 is 2.48 bits per heavy atom. The molecule has 0 radical (unpaired) electrons. The maximum atomic E-state index is 7.14. The maximum absolute atomic E-state index is 7.14. The largest absolute Gasteiger partial charge is 0.297 e. The van der Waals surface area contributed by atoms with Crippen LogP contribution in [0.1, 0.15) is 22.4 Å². The van der Waals surface area contributed by atoms with Gasteiger partial charge in [-0.25, -0.2) is 9.83 Å². The molecular formula is C28H23N5. The zero-order valence-electron chi connectivity index (χ0n) is 18.7. The summed E-state index contributed by atoms with van der Waals surface area (Å²) in [7, 11) is 0. The van der Waals surface area contributed by atoms with Crippen LogP contribution in [0.3, 0.4) is 0 Å². The minimum absolute atomic E-state index is 0.632. The number of benzene rings is 2. The van der Waals surface area contributed by atoms with E-state index in [2.05, 4.69) is 63.4 Å². The monoisotopic (exact) mass is 429 g/mol. The summed E-state index contributed by atoms with van der Waals surface area (Å²) in [5.74, 6) is 0. The Morgan fingerprint density at radius 2 is 1.73 bits per heavy atom. The molecule has 5 rings (SSSR count). The van der Waals surface area contributed by atoms with E-state index in [1.54, 1.807) is 0 Å². The zero-order chi connectivity index (χ0) is 22.8. The fourth-order valence-corrected chi connectivity index (χ4v) is 4.20. The number of imidazole rings is 1. The number of aromatic nitrogens is 4. The predicted octanol–water partition coefficient (Wildman–Crippen LogP) is 6.41. The van der Waals surface area contributed by atoms with E-state index < -0.39 is 0 Å². The van der Waals surface area contributed by atoms with E-state index in [0.717, 1.165) is 46.7 Å². The van der Waals surface area contributed by atoms with Crippen LogP contribution in [-0.2, 0) is 12.8 Å². The lowest BCUT2D eigenvalue weighted by Gasteiger charge is -2.09. The van der Waals surface area contributed by atoms with Crippen molar-refractivity contribution in [2.75, 3.05) is 0 Å². The Labute approximate surface area is 193 Å². The van der Waals surface area contributed by atoms with Crippen LogP contribution in [0.5, 0.6) is 0 Å². The minimum Gasteiger partial charge on any atom is -0.297 e. The third-order valence-electron chi connectivity index (χ3n) is 5.87. The molecule has 0 saturated carbocycles. The lowest BCUT2D eigenvalue weighted by Crippen LogP contribution is -2.01. The number of hydrogen-bond acceptors (Lipinski definition) is 3. The molecule has 0 aliphatic carbocycles. The first-order chi connectivity index (χ1) is 16.1. The van der Waals surface area contributed by atoms with Crippen molar-refractivity contribution in [3.63, 3.8) is 0 Å². The van der Waals surface area contributed by atoms with Gasteiger partial charge in [0.1, 0.15) is 0 Å². The smallest absolute Gasteiger partial charge is 0.187 e. The summed E-state index contributed by atoms with van der Waals surface area (Å²) < 4.78 is 2.07. The van der Waals surface area contributed by atoms with Crippen molar-refractivity contribution in [2.45, 2.75) is 26.7 Å². The average molecular weight is 430 g/mol. The highest BCUT2D eigenvalue weighted by atomic mass is 15.0. The van der Waals surface area contributed by atoms with Crippen molar-refractivity contribution in [2.24, 2.45) is 0 Å². The summed E-state index contributed by atoms with van der Waals surface area (Å²) in [5.41, 5.74) is 10.3. The number of rotatable bonds is 5. The van der Waals surface area contributed by atoms with Gasteiger partial charge >= 0.3 is 0 Å². The van der Waals surface area contributed by atoms with E-state index in [1.165, 1.54) is 16.7 Å². The Morgan fingerprint density at radius 1 is 0.879 bits per heavy atom. The highest BCUT2D eigenvalue weighted by Crippen LogP contribution is 2.26. The molecular weight excluding hydrogens is 406 g/mol. The van der Waals surface area contributed by atoms with Gasteiger partial charge in [-0.2, -0.15) is 0 Å². The quantitative estimate of drug-likeness (QED) is 0.303. The number of pyridine rings is 1. The molecule has 0 amide bonds. The Kier molecular flexibility index (Phi) is 5.42. The van der Waals surface area contributed by atoms with Gasteiger partial charge in [-0.05, 0) is 49.4 Å². The van der Waals surface area contributed by atoms with Gasteiger partial charge < -0.3 is 0 Å². The van der Waals surface area contributed by atoms with Crippen molar-refractivity contribution in [1.82, 2.24) is 19.4 Å². The second-order valence-corrected chi connectivity index (χ2v) is 8.25. The van der Waals surface area contributed by atoms with E-state index in [1.807, 2.05) is 49.1 Å². The van der Waals surface area contributed by atoms with Crippen LogP contribution in [0.15, 0.2) is 79.4 Å². The first-order valence-electron chi connectivity index (χ1n) is 10.9. The summed E-state index contributed by atoms with van der Waals surface area (Å²) in [4.78, 5) is 17.5. The molecule has 0 N–H and O–H groups in total. The predicted molar refractivity (Wildman–Crippen MR) is 131 cm³/mol. The molecule has 0 bridgehead atoms. The van der Waals surface area contributed by atoms with E-state index in [-0.39, 0.29) is 0 Å². The highest BCUT2D eigenvalue weighted by molar-refractivity contribution is 5.67. The summed E-state index contributed by atoms with van der Waals surface area (Å²) in [6.07, 6.45) is 9.23. The fraction of sp³-hybridized carbons (Fsp3) is 0.143. The highest BCUT2D eigenvalue weighted by Gasteiger charge is 2.11. The van der Waals surface area contributed by atoms with Crippen LogP contribution in [0, 0.1) is 20.4 Å². The van der Waals surface area contributed by atoms with Crippen LogP contribution < -0.4 is 0 Å². The SMILES string of the molecule is [C-]#[N+]c1ccc(-c2cnc3c(CCc4cnc(-c5cccc(C)c5)c(C)c4)nccn23)cc1. The van der Waals surface area contributed by atoms with Gasteiger partial charge in [-0.3, -0.25) is 14.4 Å². The molecule has 5 heteroatoms. The zero-order valence-corrected chi connectivity index (χ0v) is 18.7. The standard InChI is InChI=1S/C28H23N5/c1-19-5-4-6-23(15-19)27-20(2)16-21(17-31-27)7-12-25-28-32-18-26(33(28)14-13-30-25)22-8-10-24(29-3)11-9-22/h4-6,8-11,13-18H,7,12H2,1-2H3. The number of aryl methyl sites for hydroxylation is 4. The maximum Gasteiger partial charge on any atom is 0.187 e. The van der Waals surface area contributed by atoms with Gasteiger partial charge in [-0.15, -0.1) is 0 Å². The van der Waals surface area contributed by atoms with E-state index in [0.29, 0.717) is 5.69 Å². The minimum atomic E-state index is 0.632. The van der Waals surface area contributed by atoms with E-state index in [4.69, 9.17) is 11.6 Å². The van der Waals surface area contributed by atoms with Gasteiger partial charge in [0.15, 0.2) is 11.3 Å². The summed E-state index contributed by atoms with van der Waals surface area (Å²) in [6, 6.07) is 18.3. The van der Waals surface area contributed by atoms with Crippen molar-refractivity contribution >= 4 is 11.3 Å². The molecule has 5 aromatic rings. The van der Waals surface area contributed by atoms with Crippen LogP contribution in [0.4, 0.5) is 5.69 Å².